The molecule has 1 aromatic rings. The molecule has 0 amide bonds. The average Bonchev–Trinajstić information content (AvgIpc) is 1.99. The van der Waals surface area contributed by atoms with Crippen LogP contribution in [0.4, 0.5) is 5.69 Å². The van der Waals surface area contributed by atoms with Crippen molar-refractivity contribution in [3.63, 3.8) is 0 Å². The van der Waals surface area contributed by atoms with Crippen molar-refractivity contribution in [1.29, 1.82) is 0 Å². The van der Waals surface area contributed by atoms with Gasteiger partial charge in [0.25, 0.3) is 0 Å². The second-order valence-electron chi connectivity index (χ2n) is 2.23. The molecule has 0 unspecified atom stereocenters. The van der Waals surface area contributed by atoms with Gasteiger partial charge in [-0.3, -0.25) is 5.84 Å². The van der Waals surface area contributed by atoms with Crippen LogP contribution in [-0.4, -0.2) is 0 Å². The predicted molar refractivity (Wildman–Crippen MR) is 64.4 cm³/mol. The van der Waals surface area contributed by atoms with Gasteiger partial charge in [0.05, 0.1) is 0 Å². The molecule has 0 aliphatic carbocycles. The topological polar surface area (TPSA) is 38.0 Å². The van der Waals surface area contributed by atoms with Crippen LogP contribution in [0.5, 0.6) is 0 Å². The van der Waals surface area contributed by atoms with Gasteiger partial charge in [0.15, 0.2) is 0 Å². The van der Waals surface area contributed by atoms with Crippen LogP contribution in [0, 0.1) is 14.1 Å². The van der Waals surface area contributed by atoms with Crippen LogP contribution in [-0.2, 0) is 0 Å². The van der Waals surface area contributed by atoms with Crippen molar-refractivity contribution in [2.45, 2.75) is 6.92 Å². The summed E-state index contributed by atoms with van der Waals surface area (Å²) in [6.07, 6.45) is 0. The number of nitrogen functional groups attached to an aromatic ring is 1. The Hall–Kier alpha value is 0.440. The second kappa shape index (κ2) is 3.90. The fourth-order valence-corrected chi connectivity index (χ4v) is 1.88. The molecule has 1 aromatic carbocycles. The van der Waals surface area contributed by atoms with Crippen LogP contribution in [0.15, 0.2) is 12.1 Å². The quantitative estimate of drug-likeness (QED) is 0.451. The molecule has 0 aromatic heterocycles. The van der Waals surface area contributed by atoms with E-state index in [1.54, 1.807) is 0 Å². The van der Waals surface area contributed by atoms with Crippen molar-refractivity contribution < 1.29 is 0 Å². The highest BCUT2D eigenvalue weighted by molar-refractivity contribution is 14.1. The zero-order valence-corrected chi connectivity index (χ0v) is 10.3. The number of anilines is 1. The van der Waals surface area contributed by atoms with E-state index in [0.29, 0.717) is 0 Å². The van der Waals surface area contributed by atoms with Crippen LogP contribution < -0.4 is 11.3 Å². The Bertz CT molecular complexity index is 250. The van der Waals surface area contributed by atoms with Crippen LogP contribution >= 0.6 is 45.2 Å². The van der Waals surface area contributed by atoms with E-state index in [0.717, 1.165) is 5.69 Å². The molecule has 1 rings (SSSR count). The Balaban J connectivity index is 3.21. The van der Waals surface area contributed by atoms with E-state index in [4.69, 9.17) is 5.84 Å². The smallest absolute Gasteiger partial charge is 0.0499 e. The summed E-state index contributed by atoms with van der Waals surface area (Å²) >= 11 is 4.62. The second-order valence-corrected chi connectivity index (χ2v) is 4.47. The van der Waals surface area contributed by atoms with Gasteiger partial charge in [0.1, 0.15) is 0 Å². The van der Waals surface area contributed by atoms with E-state index >= 15 is 0 Å². The third-order valence-electron chi connectivity index (χ3n) is 1.38. The normalized spacial score (nSPS) is 9.82. The number of nitrogens with one attached hydrogen (secondary N) is 1. The van der Waals surface area contributed by atoms with E-state index < -0.39 is 0 Å². The minimum absolute atomic E-state index is 0.965. The van der Waals surface area contributed by atoms with E-state index in [1.165, 1.54) is 12.7 Å². The first kappa shape index (κ1) is 9.53. The van der Waals surface area contributed by atoms with Crippen molar-refractivity contribution in [3.8, 4) is 0 Å². The first-order chi connectivity index (χ1) is 5.15. The molecule has 4 heteroatoms. The number of hydrogen-bond acceptors (Lipinski definition) is 2. The lowest BCUT2D eigenvalue weighted by Crippen LogP contribution is -2.07. The summed E-state index contributed by atoms with van der Waals surface area (Å²) in [6.45, 7) is 2.07. The molecule has 0 saturated carbocycles. The fourth-order valence-electron chi connectivity index (χ4n) is 0.810. The molecular formula is C7H8I2N2. The number of rotatable bonds is 1. The highest BCUT2D eigenvalue weighted by atomic mass is 127. The first-order valence-electron chi connectivity index (χ1n) is 3.07. The largest absolute Gasteiger partial charge is 0.324 e. The summed E-state index contributed by atoms with van der Waals surface area (Å²) in [5, 5.41) is 0. The number of aryl methyl sites for hydroxylation is 1. The van der Waals surface area contributed by atoms with Gasteiger partial charge < -0.3 is 5.43 Å². The summed E-state index contributed by atoms with van der Waals surface area (Å²) in [4.78, 5) is 0. The Morgan fingerprint density at radius 1 is 1.36 bits per heavy atom. The van der Waals surface area contributed by atoms with Gasteiger partial charge in [-0.05, 0) is 69.8 Å². The first-order valence-corrected chi connectivity index (χ1v) is 5.23. The van der Waals surface area contributed by atoms with E-state index in [1.807, 2.05) is 12.1 Å². The molecule has 3 N–H and O–H groups in total. The molecule has 0 saturated heterocycles. The number of nitrogens with two attached hydrogens (primary N) is 1. The van der Waals surface area contributed by atoms with Crippen LogP contribution in [0.25, 0.3) is 0 Å². The summed E-state index contributed by atoms with van der Waals surface area (Å²) in [5.74, 6) is 5.28. The Morgan fingerprint density at radius 3 is 2.45 bits per heavy atom. The Morgan fingerprint density at radius 2 is 2.00 bits per heavy atom. The molecule has 2 nitrogen and oxygen atoms in total. The van der Waals surface area contributed by atoms with Gasteiger partial charge in [0.2, 0.25) is 0 Å². The van der Waals surface area contributed by atoms with E-state index in [-0.39, 0.29) is 0 Å². The molecule has 11 heavy (non-hydrogen) atoms. The summed E-state index contributed by atoms with van der Waals surface area (Å²) in [7, 11) is 0. The van der Waals surface area contributed by atoms with Crippen molar-refractivity contribution in [3.05, 3.63) is 24.8 Å². The highest BCUT2D eigenvalue weighted by Gasteiger charge is 2.01. The van der Waals surface area contributed by atoms with Gasteiger partial charge >= 0.3 is 0 Å². The zero-order valence-electron chi connectivity index (χ0n) is 5.99. The van der Waals surface area contributed by atoms with Crippen molar-refractivity contribution in [2.75, 3.05) is 5.43 Å². The lowest BCUT2D eigenvalue weighted by atomic mass is 10.2. The number of benzene rings is 1. The maximum Gasteiger partial charge on any atom is 0.0499 e. The lowest BCUT2D eigenvalue weighted by molar-refractivity contribution is 1.31. The fraction of sp³-hybridized carbons (Fsp3) is 0.143. The molecule has 0 atom stereocenters. The molecule has 0 radical (unpaired) electrons. The number of hydrogen-bond donors (Lipinski definition) is 2. The SMILES string of the molecule is Cc1cc(NN)cc(I)c1I. The van der Waals surface area contributed by atoms with E-state index in [9.17, 15) is 0 Å². The number of halogens is 2. The minimum Gasteiger partial charge on any atom is -0.324 e. The summed E-state index contributed by atoms with van der Waals surface area (Å²) in [5.41, 5.74) is 4.85. The Kier molecular flexibility index (Phi) is 3.38. The molecule has 0 spiro atoms. The Labute approximate surface area is 93.2 Å². The van der Waals surface area contributed by atoms with Gasteiger partial charge in [-0.1, -0.05) is 0 Å². The molecule has 0 heterocycles. The summed E-state index contributed by atoms with van der Waals surface area (Å²) < 4.78 is 2.53. The summed E-state index contributed by atoms with van der Waals surface area (Å²) in [6, 6.07) is 4.05. The lowest BCUT2D eigenvalue weighted by Gasteiger charge is -2.05. The highest BCUT2D eigenvalue weighted by Crippen LogP contribution is 2.22. The average molecular weight is 374 g/mol. The molecule has 0 bridgehead atoms. The van der Waals surface area contributed by atoms with Gasteiger partial charge in [-0.15, -0.1) is 0 Å². The molecule has 0 fully saturated rings. The maximum atomic E-state index is 5.28. The van der Waals surface area contributed by atoms with Gasteiger partial charge in [-0.2, -0.15) is 0 Å². The molecule has 0 aliphatic rings. The zero-order chi connectivity index (χ0) is 8.43. The minimum atomic E-state index is 0.965. The monoisotopic (exact) mass is 374 g/mol. The predicted octanol–water partition coefficient (Wildman–Crippen LogP) is 2.49. The number of hydrazine groups is 1. The van der Waals surface area contributed by atoms with Gasteiger partial charge in [0, 0.05) is 12.8 Å². The molecular weight excluding hydrogens is 366 g/mol. The van der Waals surface area contributed by atoms with Gasteiger partial charge in [-0.25, -0.2) is 0 Å². The van der Waals surface area contributed by atoms with Crippen LogP contribution in [0.3, 0.4) is 0 Å². The van der Waals surface area contributed by atoms with Crippen molar-refractivity contribution in [1.82, 2.24) is 0 Å². The molecule has 60 valence electrons. The van der Waals surface area contributed by atoms with Crippen LogP contribution in [0.2, 0.25) is 0 Å². The third kappa shape index (κ3) is 2.19. The van der Waals surface area contributed by atoms with Crippen LogP contribution in [0.1, 0.15) is 5.56 Å². The standard InChI is InChI=1S/C7H8I2N2/c1-4-2-5(11-10)3-6(8)7(4)9/h2-3,11H,10H2,1H3. The third-order valence-corrected chi connectivity index (χ3v) is 4.69. The van der Waals surface area contributed by atoms with Crippen molar-refractivity contribution in [2.24, 2.45) is 5.84 Å². The maximum absolute atomic E-state index is 5.28. The molecule has 0 aliphatic heterocycles. The van der Waals surface area contributed by atoms with E-state index in [2.05, 4.69) is 57.5 Å². The van der Waals surface area contributed by atoms with Crippen molar-refractivity contribution >= 4 is 50.9 Å².